The number of nitrogens with one attached hydrogen (secondary N) is 1. The second-order valence-electron chi connectivity index (χ2n) is 6.16. The van der Waals surface area contributed by atoms with Crippen LogP contribution in [0.4, 0.5) is 5.69 Å². The molecule has 0 unspecified atom stereocenters. The van der Waals surface area contributed by atoms with E-state index in [1.54, 1.807) is 42.5 Å². The van der Waals surface area contributed by atoms with Gasteiger partial charge >= 0.3 is 5.97 Å². The molecule has 0 aromatic heterocycles. The minimum atomic E-state index is -3.77. The number of anilines is 1. The summed E-state index contributed by atoms with van der Waals surface area (Å²) < 4.78 is 33.4. The average Bonchev–Trinajstić information content (AvgIpc) is 2.71. The van der Waals surface area contributed by atoms with Crippen molar-refractivity contribution in [2.24, 2.45) is 0 Å². The number of aromatic carboxylic acids is 1. The van der Waals surface area contributed by atoms with E-state index in [1.165, 1.54) is 30.3 Å². The van der Waals surface area contributed by atoms with Crippen molar-refractivity contribution in [3.05, 3.63) is 88.9 Å². The quantitative estimate of drug-likeness (QED) is 0.549. The molecule has 0 fully saturated rings. The molecule has 0 heterocycles. The van der Waals surface area contributed by atoms with Gasteiger partial charge in [-0.25, -0.2) is 13.2 Å². The van der Waals surface area contributed by atoms with Gasteiger partial charge in [0.15, 0.2) is 0 Å². The molecule has 150 valence electrons. The standard InChI is InChI=1S/C21H18ClNO5S/c22-17-10-11-19(23-29(26,27)18-4-2-1-3-5-18)20(14-17)28-13-12-15-6-8-16(9-7-15)21(24)25/h1-11,14,23H,12-13H2,(H,24,25). The van der Waals surface area contributed by atoms with Crippen LogP contribution in [0.2, 0.25) is 5.02 Å². The Balaban J connectivity index is 1.71. The van der Waals surface area contributed by atoms with Crippen molar-refractivity contribution >= 4 is 33.3 Å². The number of carboxylic acids is 1. The number of hydrogen-bond donors (Lipinski definition) is 2. The van der Waals surface area contributed by atoms with Crippen LogP contribution in [0.1, 0.15) is 15.9 Å². The molecule has 6 nitrogen and oxygen atoms in total. The van der Waals surface area contributed by atoms with E-state index in [-0.39, 0.29) is 22.8 Å². The van der Waals surface area contributed by atoms with E-state index in [0.29, 0.717) is 17.2 Å². The van der Waals surface area contributed by atoms with E-state index in [2.05, 4.69) is 4.72 Å². The first kappa shape index (κ1) is 20.7. The van der Waals surface area contributed by atoms with Crippen LogP contribution in [0.3, 0.4) is 0 Å². The molecule has 3 aromatic carbocycles. The Labute approximate surface area is 173 Å². The Morgan fingerprint density at radius 3 is 2.34 bits per heavy atom. The minimum absolute atomic E-state index is 0.138. The zero-order valence-electron chi connectivity index (χ0n) is 15.2. The topological polar surface area (TPSA) is 92.7 Å². The van der Waals surface area contributed by atoms with E-state index < -0.39 is 16.0 Å². The number of carboxylic acid groups (broad SMARTS) is 1. The van der Waals surface area contributed by atoms with Crippen molar-refractivity contribution in [3.8, 4) is 5.75 Å². The fourth-order valence-electron chi connectivity index (χ4n) is 2.60. The number of rotatable bonds is 8. The lowest BCUT2D eigenvalue weighted by atomic mass is 10.1. The predicted octanol–water partition coefficient (Wildman–Crippen LogP) is 4.46. The lowest BCUT2D eigenvalue weighted by molar-refractivity contribution is 0.0697. The van der Waals surface area contributed by atoms with Gasteiger partial charge < -0.3 is 9.84 Å². The van der Waals surface area contributed by atoms with Crippen LogP contribution in [-0.2, 0) is 16.4 Å². The largest absolute Gasteiger partial charge is 0.491 e. The molecular weight excluding hydrogens is 414 g/mol. The molecule has 0 aliphatic heterocycles. The molecule has 3 aromatic rings. The number of sulfonamides is 1. The predicted molar refractivity (Wildman–Crippen MR) is 111 cm³/mol. The molecule has 0 spiro atoms. The highest BCUT2D eigenvalue weighted by Gasteiger charge is 2.16. The molecule has 29 heavy (non-hydrogen) atoms. The van der Waals surface area contributed by atoms with E-state index in [9.17, 15) is 13.2 Å². The van der Waals surface area contributed by atoms with Crippen LogP contribution in [0.5, 0.6) is 5.75 Å². The molecule has 3 rings (SSSR count). The molecule has 0 radical (unpaired) electrons. The zero-order chi connectivity index (χ0) is 20.9. The van der Waals surface area contributed by atoms with Crippen molar-refractivity contribution in [2.45, 2.75) is 11.3 Å². The molecule has 0 saturated heterocycles. The van der Waals surface area contributed by atoms with Crippen LogP contribution >= 0.6 is 11.6 Å². The number of carbonyl (C=O) groups is 1. The average molecular weight is 432 g/mol. The molecule has 8 heteroatoms. The minimum Gasteiger partial charge on any atom is -0.491 e. The molecule has 0 bridgehead atoms. The van der Waals surface area contributed by atoms with Crippen LogP contribution in [0.15, 0.2) is 77.7 Å². The molecule has 0 saturated carbocycles. The van der Waals surface area contributed by atoms with Gasteiger partial charge in [0.1, 0.15) is 5.75 Å². The third-order valence-corrected chi connectivity index (χ3v) is 5.71. The van der Waals surface area contributed by atoms with Crippen LogP contribution in [0, 0.1) is 0 Å². The Bertz CT molecular complexity index is 1100. The summed E-state index contributed by atoms with van der Waals surface area (Å²) in [5.41, 5.74) is 1.38. The molecule has 0 amide bonds. The maximum atomic E-state index is 12.6. The summed E-state index contributed by atoms with van der Waals surface area (Å²) in [4.78, 5) is 11.0. The summed E-state index contributed by atoms with van der Waals surface area (Å²) >= 11 is 6.04. The highest BCUT2D eigenvalue weighted by atomic mass is 35.5. The first-order valence-electron chi connectivity index (χ1n) is 8.67. The molecule has 0 aliphatic rings. The fraction of sp³-hybridized carbons (Fsp3) is 0.0952. The summed E-state index contributed by atoms with van der Waals surface area (Å²) in [5.74, 6) is -0.679. The second-order valence-corrected chi connectivity index (χ2v) is 8.28. The zero-order valence-corrected chi connectivity index (χ0v) is 16.8. The number of benzene rings is 3. The smallest absolute Gasteiger partial charge is 0.335 e. The van der Waals surface area contributed by atoms with Crippen molar-refractivity contribution in [1.29, 1.82) is 0 Å². The Hall–Kier alpha value is -3.03. The van der Waals surface area contributed by atoms with Crippen LogP contribution in [0.25, 0.3) is 0 Å². The normalized spacial score (nSPS) is 11.1. The molecular formula is C21H18ClNO5S. The van der Waals surface area contributed by atoms with Gasteiger partial charge in [0.2, 0.25) is 0 Å². The van der Waals surface area contributed by atoms with Gasteiger partial charge in [-0.3, -0.25) is 4.72 Å². The van der Waals surface area contributed by atoms with Gasteiger partial charge in [-0.05, 0) is 42.0 Å². The monoisotopic (exact) mass is 431 g/mol. The Kier molecular flexibility index (Phi) is 6.41. The van der Waals surface area contributed by atoms with Gasteiger partial charge in [-0.2, -0.15) is 0 Å². The van der Waals surface area contributed by atoms with Gasteiger partial charge in [0.05, 0.1) is 22.8 Å². The summed E-state index contributed by atoms with van der Waals surface area (Å²) in [5, 5.41) is 9.35. The third kappa shape index (κ3) is 5.49. The molecule has 0 atom stereocenters. The van der Waals surface area contributed by atoms with Gasteiger partial charge in [-0.1, -0.05) is 41.9 Å². The summed E-state index contributed by atoms with van der Waals surface area (Å²) in [6.07, 6.45) is 0.511. The summed E-state index contributed by atoms with van der Waals surface area (Å²) in [6.45, 7) is 0.257. The molecule has 0 aliphatic carbocycles. The fourth-order valence-corrected chi connectivity index (χ4v) is 3.85. The second kappa shape index (κ2) is 8.98. The van der Waals surface area contributed by atoms with Crippen molar-refractivity contribution in [3.63, 3.8) is 0 Å². The van der Waals surface area contributed by atoms with Crippen molar-refractivity contribution in [1.82, 2.24) is 0 Å². The summed E-state index contributed by atoms with van der Waals surface area (Å²) in [6, 6.07) is 19.1. The van der Waals surface area contributed by atoms with Crippen LogP contribution in [-0.4, -0.2) is 26.1 Å². The third-order valence-electron chi connectivity index (χ3n) is 4.09. The Morgan fingerprint density at radius 2 is 1.69 bits per heavy atom. The lowest BCUT2D eigenvalue weighted by Crippen LogP contribution is -2.14. The maximum Gasteiger partial charge on any atom is 0.335 e. The molecule has 2 N–H and O–H groups in total. The van der Waals surface area contributed by atoms with Gasteiger partial charge in [0.25, 0.3) is 10.0 Å². The van der Waals surface area contributed by atoms with Gasteiger partial charge in [-0.15, -0.1) is 0 Å². The van der Waals surface area contributed by atoms with Gasteiger partial charge in [0, 0.05) is 17.5 Å². The SMILES string of the molecule is O=C(O)c1ccc(CCOc2cc(Cl)ccc2NS(=O)(=O)c2ccccc2)cc1. The highest BCUT2D eigenvalue weighted by Crippen LogP contribution is 2.30. The van der Waals surface area contributed by atoms with Crippen molar-refractivity contribution < 1.29 is 23.1 Å². The lowest BCUT2D eigenvalue weighted by Gasteiger charge is -2.14. The Morgan fingerprint density at radius 1 is 1.00 bits per heavy atom. The first-order valence-corrected chi connectivity index (χ1v) is 10.5. The van der Waals surface area contributed by atoms with E-state index in [1.807, 2.05) is 0 Å². The maximum absolute atomic E-state index is 12.6. The highest BCUT2D eigenvalue weighted by molar-refractivity contribution is 7.92. The van der Waals surface area contributed by atoms with E-state index >= 15 is 0 Å². The van der Waals surface area contributed by atoms with Crippen LogP contribution < -0.4 is 9.46 Å². The van der Waals surface area contributed by atoms with Crippen molar-refractivity contribution in [2.75, 3.05) is 11.3 Å². The summed E-state index contributed by atoms with van der Waals surface area (Å²) in [7, 11) is -3.77. The first-order chi connectivity index (χ1) is 13.8. The van der Waals surface area contributed by atoms with E-state index in [4.69, 9.17) is 21.4 Å². The number of ether oxygens (including phenoxy) is 1. The van der Waals surface area contributed by atoms with E-state index in [0.717, 1.165) is 5.56 Å². The number of halogens is 1. The number of hydrogen-bond acceptors (Lipinski definition) is 4.